The summed E-state index contributed by atoms with van der Waals surface area (Å²) in [6, 6.07) is 1.85. The van der Waals surface area contributed by atoms with E-state index < -0.39 is 10.8 Å². The van der Waals surface area contributed by atoms with Crippen molar-refractivity contribution in [2.24, 2.45) is 0 Å². The van der Waals surface area contributed by atoms with Crippen LogP contribution in [0.4, 0.5) is 5.95 Å². The average molecular weight is 315 g/mol. The summed E-state index contributed by atoms with van der Waals surface area (Å²) in [7, 11) is -0.811. The highest BCUT2D eigenvalue weighted by Gasteiger charge is 2.10. The molecule has 20 heavy (non-hydrogen) atoms. The number of hydrogen-bond acceptors (Lipinski definition) is 6. The second-order valence-electron chi connectivity index (χ2n) is 4.29. The SMILES string of the molecule is CC(CCS(C)=O)Nc1nc(Cl)nc(-n2cccn2)n1. The Balaban J connectivity index is 2.10. The third-order valence-corrected chi connectivity index (χ3v) is 3.50. The van der Waals surface area contributed by atoms with Crippen LogP contribution in [0, 0.1) is 0 Å². The molecule has 0 fully saturated rings. The lowest BCUT2D eigenvalue weighted by atomic mass is 10.3. The van der Waals surface area contributed by atoms with Gasteiger partial charge in [0.1, 0.15) is 0 Å². The molecular formula is C11H15ClN6OS. The molecule has 0 aliphatic carbocycles. The first-order chi connectivity index (χ1) is 9.54. The van der Waals surface area contributed by atoms with Crippen molar-refractivity contribution in [2.75, 3.05) is 17.3 Å². The third kappa shape index (κ3) is 4.24. The number of rotatable bonds is 6. The van der Waals surface area contributed by atoms with Crippen LogP contribution in [-0.4, -0.2) is 47.0 Å². The number of anilines is 1. The Kier molecular flexibility index (Phi) is 5.02. The zero-order chi connectivity index (χ0) is 14.5. The normalized spacial score (nSPS) is 13.9. The molecule has 2 heterocycles. The summed E-state index contributed by atoms with van der Waals surface area (Å²) in [6.07, 6.45) is 5.79. The van der Waals surface area contributed by atoms with Crippen molar-refractivity contribution in [1.29, 1.82) is 0 Å². The van der Waals surface area contributed by atoms with E-state index in [1.54, 1.807) is 24.7 Å². The summed E-state index contributed by atoms with van der Waals surface area (Å²) in [4.78, 5) is 12.3. The molecule has 0 bridgehead atoms. The molecule has 108 valence electrons. The van der Waals surface area contributed by atoms with E-state index in [1.165, 1.54) is 4.68 Å². The van der Waals surface area contributed by atoms with Crippen molar-refractivity contribution in [3.8, 4) is 5.95 Å². The number of hydrogen-bond donors (Lipinski definition) is 1. The number of aromatic nitrogens is 5. The van der Waals surface area contributed by atoms with E-state index in [4.69, 9.17) is 11.6 Å². The summed E-state index contributed by atoms with van der Waals surface area (Å²) >= 11 is 5.89. The van der Waals surface area contributed by atoms with Crippen LogP contribution in [0.25, 0.3) is 5.95 Å². The fourth-order valence-electron chi connectivity index (χ4n) is 1.53. The molecule has 0 aliphatic heterocycles. The van der Waals surface area contributed by atoms with E-state index in [1.807, 2.05) is 6.92 Å². The Bertz CT molecular complexity index is 591. The molecule has 2 aromatic rings. The maximum Gasteiger partial charge on any atom is 0.256 e. The molecule has 0 saturated carbocycles. The first-order valence-electron chi connectivity index (χ1n) is 6.03. The van der Waals surface area contributed by atoms with Crippen LogP contribution in [0.15, 0.2) is 18.5 Å². The molecule has 7 nitrogen and oxygen atoms in total. The maximum absolute atomic E-state index is 11.1. The fraction of sp³-hybridized carbons (Fsp3) is 0.455. The predicted octanol–water partition coefficient (Wildman–Crippen LogP) is 1.28. The zero-order valence-corrected chi connectivity index (χ0v) is 12.7. The highest BCUT2D eigenvalue weighted by atomic mass is 35.5. The lowest BCUT2D eigenvalue weighted by Crippen LogP contribution is -2.20. The van der Waals surface area contributed by atoms with Gasteiger partial charge in [0.25, 0.3) is 5.95 Å². The number of halogens is 1. The molecule has 2 rings (SSSR count). The Morgan fingerprint density at radius 2 is 2.25 bits per heavy atom. The molecule has 0 radical (unpaired) electrons. The van der Waals surface area contributed by atoms with Gasteiger partial charge in [-0.3, -0.25) is 4.21 Å². The van der Waals surface area contributed by atoms with Gasteiger partial charge in [-0.15, -0.1) is 0 Å². The van der Waals surface area contributed by atoms with E-state index in [-0.39, 0.29) is 11.3 Å². The minimum atomic E-state index is -0.811. The van der Waals surface area contributed by atoms with E-state index >= 15 is 0 Å². The molecule has 9 heteroatoms. The first-order valence-corrected chi connectivity index (χ1v) is 8.13. The Hall–Kier alpha value is -1.54. The zero-order valence-electron chi connectivity index (χ0n) is 11.2. The molecule has 0 aliphatic rings. The quantitative estimate of drug-likeness (QED) is 0.864. The summed E-state index contributed by atoms with van der Waals surface area (Å²) < 4.78 is 12.6. The molecule has 2 unspecified atom stereocenters. The minimum Gasteiger partial charge on any atom is -0.352 e. The van der Waals surface area contributed by atoms with Crippen LogP contribution in [0.1, 0.15) is 13.3 Å². The summed E-state index contributed by atoms with van der Waals surface area (Å²) in [5.41, 5.74) is 0. The van der Waals surface area contributed by atoms with Crippen molar-refractivity contribution in [3.63, 3.8) is 0 Å². The van der Waals surface area contributed by atoms with Crippen LogP contribution in [0.5, 0.6) is 0 Å². The van der Waals surface area contributed by atoms with E-state index in [9.17, 15) is 4.21 Å². The van der Waals surface area contributed by atoms with Crippen LogP contribution in [0.2, 0.25) is 5.28 Å². The largest absolute Gasteiger partial charge is 0.352 e. The molecule has 0 aromatic carbocycles. The molecular weight excluding hydrogens is 300 g/mol. The predicted molar refractivity (Wildman–Crippen MR) is 78.6 cm³/mol. The lowest BCUT2D eigenvalue weighted by Gasteiger charge is -2.13. The number of nitrogens with one attached hydrogen (secondary N) is 1. The van der Waals surface area contributed by atoms with E-state index in [0.29, 0.717) is 17.6 Å². The van der Waals surface area contributed by atoms with Crippen LogP contribution in [-0.2, 0) is 10.8 Å². The summed E-state index contributed by atoms with van der Waals surface area (Å²) in [6.45, 7) is 1.97. The van der Waals surface area contributed by atoms with Crippen molar-refractivity contribution >= 4 is 28.3 Å². The standard InChI is InChI=1S/C11H15ClN6OS/c1-8(4-7-20(2)19)14-10-15-9(12)16-11(17-10)18-6-3-5-13-18/h3,5-6,8H,4,7H2,1-2H3,(H,14,15,16,17). The van der Waals surface area contributed by atoms with Crippen molar-refractivity contribution in [3.05, 3.63) is 23.7 Å². The van der Waals surface area contributed by atoms with Gasteiger partial charge in [0.05, 0.1) is 0 Å². The summed E-state index contributed by atoms with van der Waals surface area (Å²) in [5, 5.41) is 7.26. The van der Waals surface area contributed by atoms with Gasteiger partial charge >= 0.3 is 0 Å². The molecule has 2 aromatic heterocycles. The fourth-order valence-corrected chi connectivity index (χ4v) is 2.37. The van der Waals surface area contributed by atoms with Gasteiger partial charge in [0.15, 0.2) is 0 Å². The second-order valence-corrected chi connectivity index (χ2v) is 6.18. The van der Waals surface area contributed by atoms with Gasteiger partial charge in [-0.05, 0) is 31.0 Å². The maximum atomic E-state index is 11.1. The van der Waals surface area contributed by atoms with Crippen LogP contribution >= 0.6 is 11.6 Å². The van der Waals surface area contributed by atoms with Crippen molar-refractivity contribution in [2.45, 2.75) is 19.4 Å². The average Bonchev–Trinajstić information content (AvgIpc) is 2.89. The van der Waals surface area contributed by atoms with Gasteiger partial charge in [-0.1, -0.05) is 0 Å². The monoisotopic (exact) mass is 314 g/mol. The first kappa shape index (κ1) is 14.9. The Morgan fingerprint density at radius 3 is 2.90 bits per heavy atom. The molecule has 0 amide bonds. The van der Waals surface area contributed by atoms with Crippen LogP contribution < -0.4 is 5.32 Å². The number of nitrogens with zero attached hydrogens (tertiary/aromatic N) is 5. The third-order valence-electron chi connectivity index (χ3n) is 2.52. The second kappa shape index (κ2) is 6.76. The van der Waals surface area contributed by atoms with E-state index in [2.05, 4.69) is 25.4 Å². The van der Waals surface area contributed by atoms with Gasteiger partial charge in [0.2, 0.25) is 11.2 Å². The Labute approximate surface area is 124 Å². The smallest absolute Gasteiger partial charge is 0.256 e. The highest BCUT2D eigenvalue weighted by Crippen LogP contribution is 2.10. The van der Waals surface area contributed by atoms with Gasteiger partial charge < -0.3 is 5.32 Å². The summed E-state index contributed by atoms with van der Waals surface area (Å²) in [5.74, 6) is 1.35. The lowest BCUT2D eigenvalue weighted by molar-refractivity contribution is 0.677. The molecule has 1 N–H and O–H groups in total. The molecule has 0 saturated heterocycles. The van der Waals surface area contributed by atoms with Crippen molar-refractivity contribution in [1.82, 2.24) is 24.7 Å². The molecule has 0 spiro atoms. The van der Waals surface area contributed by atoms with Crippen molar-refractivity contribution < 1.29 is 4.21 Å². The minimum absolute atomic E-state index is 0.0860. The van der Waals surface area contributed by atoms with Gasteiger partial charge in [-0.25, -0.2) is 4.68 Å². The Morgan fingerprint density at radius 1 is 1.45 bits per heavy atom. The van der Waals surface area contributed by atoms with Gasteiger partial charge in [-0.2, -0.15) is 20.1 Å². The topological polar surface area (TPSA) is 85.6 Å². The molecule has 2 atom stereocenters. The van der Waals surface area contributed by atoms with Gasteiger partial charge in [0, 0.05) is 41.2 Å². The highest BCUT2D eigenvalue weighted by molar-refractivity contribution is 7.84. The van der Waals surface area contributed by atoms with Crippen LogP contribution in [0.3, 0.4) is 0 Å². The van der Waals surface area contributed by atoms with E-state index in [0.717, 1.165) is 6.42 Å².